The Kier molecular flexibility index (Phi) is 4.17. The van der Waals surface area contributed by atoms with E-state index in [0.29, 0.717) is 17.8 Å². The van der Waals surface area contributed by atoms with Crippen LogP contribution in [0.5, 0.6) is 0 Å². The molecule has 20 heavy (non-hydrogen) atoms. The molecule has 1 heterocycles. The van der Waals surface area contributed by atoms with E-state index in [2.05, 4.69) is 10.1 Å². The SMILES string of the molecule is CCc1noc(CS(=O)(=O)[C@@H](C)c2ccc(F)cc2)n1. The number of aromatic nitrogens is 2. The van der Waals surface area contributed by atoms with Crippen molar-refractivity contribution < 1.29 is 17.3 Å². The Hall–Kier alpha value is -1.76. The molecule has 0 aliphatic heterocycles. The van der Waals surface area contributed by atoms with Gasteiger partial charge in [-0.25, -0.2) is 12.8 Å². The average molecular weight is 298 g/mol. The minimum atomic E-state index is -3.49. The molecule has 0 fully saturated rings. The molecule has 1 aromatic heterocycles. The summed E-state index contributed by atoms with van der Waals surface area (Å²) in [4.78, 5) is 3.99. The average Bonchev–Trinajstić information content (AvgIpc) is 2.85. The number of sulfone groups is 1. The Balaban J connectivity index is 2.19. The normalized spacial score (nSPS) is 13.3. The van der Waals surface area contributed by atoms with Crippen molar-refractivity contribution >= 4 is 9.84 Å². The highest BCUT2D eigenvalue weighted by Crippen LogP contribution is 2.25. The summed E-state index contributed by atoms with van der Waals surface area (Å²) in [5, 5.41) is 2.90. The number of nitrogens with zero attached hydrogens (tertiary/aromatic N) is 2. The van der Waals surface area contributed by atoms with Crippen LogP contribution in [0, 0.1) is 5.82 Å². The number of rotatable bonds is 5. The van der Waals surface area contributed by atoms with Gasteiger partial charge in [-0.3, -0.25) is 0 Å². The smallest absolute Gasteiger partial charge is 0.241 e. The maximum absolute atomic E-state index is 12.9. The molecule has 2 aromatic rings. The quantitative estimate of drug-likeness (QED) is 0.847. The molecule has 0 saturated carbocycles. The maximum Gasteiger partial charge on any atom is 0.241 e. The van der Waals surface area contributed by atoms with Gasteiger partial charge in [0.2, 0.25) is 5.89 Å². The summed E-state index contributed by atoms with van der Waals surface area (Å²) in [6.45, 7) is 3.41. The highest BCUT2D eigenvalue weighted by atomic mass is 32.2. The lowest BCUT2D eigenvalue weighted by Gasteiger charge is -2.11. The molecular weight excluding hydrogens is 283 g/mol. The van der Waals surface area contributed by atoms with E-state index in [1.54, 1.807) is 6.92 Å². The van der Waals surface area contributed by atoms with Gasteiger partial charge in [-0.05, 0) is 24.6 Å². The van der Waals surface area contributed by atoms with Crippen molar-refractivity contribution in [3.63, 3.8) is 0 Å². The monoisotopic (exact) mass is 298 g/mol. The van der Waals surface area contributed by atoms with Gasteiger partial charge < -0.3 is 4.52 Å². The molecule has 0 bridgehead atoms. The maximum atomic E-state index is 12.9. The minimum absolute atomic E-state index is 0.0795. The third-order valence-electron chi connectivity index (χ3n) is 3.03. The largest absolute Gasteiger partial charge is 0.338 e. The van der Waals surface area contributed by atoms with Crippen LogP contribution in [0.15, 0.2) is 28.8 Å². The second kappa shape index (κ2) is 5.70. The zero-order valence-electron chi connectivity index (χ0n) is 11.2. The van der Waals surface area contributed by atoms with Crippen LogP contribution >= 0.6 is 0 Å². The Labute approximate surface area is 116 Å². The van der Waals surface area contributed by atoms with Crippen LogP contribution in [-0.4, -0.2) is 18.6 Å². The third kappa shape index (κ3) is 3.22. The van der Waals surface area contributed by atoms with Crippen LogP contribution in [0.25, 0.3) is 0 Å². The first-order valence-corrected chi connectivity index (χ1v) is 7.92. The molecular formula is C13H15FN2O3S. The zero-order valence-corrected chi connectivity index (χ0v) is 12.0. The second-order valence-electron chi connectivity index (χ2n) is 4.46. The van der Waals surface area contributed by atoms with Gasteiger partial charge in [0.1, 0.15) is 11.6 Å². The molecule has 1 aromatic carbocycles. The topological polar surface area (TPSA) is 73.1 Å². The first kappa shape index (κ1) is 14.6. The van der Waals surface area contributed by atoms with Crippen molar-refractivity contribution in [2.24, 2.45) is 0 Å². The Morgan fingerprint density at radius 2 is 1.95 bits per heavy atom. The first-order valence-electron chi connectivity index (χ1n) is 6.21. The molecule has 0 amide bonds. The highest BCUT2D eigenvalue weighted by molar-refractivity contribution is 7.90. The summed E-state index contributed by atoms with van der Waals surface area (Å²) in [7, 11) is -3.49. The van der Waals surface area contributed by atoms with E-state index in [1.165, 1.54) is 24.3 Å². The summed E-state index contributed by atoms with van der Waals surface area (Å²) in [5.74, 6) is -0.165. The van der Waals surface area contributed by atoms with Gasteiger partial charge in [-0.1, -0.05) is 24.2 Å². The first-order chi connectivity index (χ1) is 9.42. The molecule has 108 valence electrons. The predicted molar refractivity (Wildman–Crippen MR) is 71.1 cm³/mol. The Morgan fingerprint density at radius 1 is 1.30 bits per heavy atom. The summed E-state index contributed by atoms with van der Waals surface area (Å²) in [6, 6.07) is 5.40. The lowest BCUT2D eigenvalue weighted by atomic mass is 10.2. The second-order valence-corrected chi connectivity index (χ2v) is 6.78. The van der Waals surface area contributed by atoms with Crippen molar-refractivity contribution in [1.29, 1.82) is 0 Å². The van der Waals surface area contributed by atoms with E-state index in [-0.39, 0.29) is 11.6 Å². The minimum Gasteiger partial charge on any atom is -0.338 e. The van der Waals surface area contributed by atoms with Gasteiger partial charge in [0, 0.05) is 6.42 Å². The number of halogens is 1. The molecule has 0 saturated heterocycles. The standard InChI is InChI=1S/C13H15FN2O3S/c1-3-12-15-13(19-16-12)8-20(17,18)9(2)10-4-6-11(14)7-5-10/h4-7,9H,3,8H2,1-2H3/t9-/m0/s1. The van der Waals surface area contributed by atoms with Crippen LogP contribution in [0.2, 0.25) is 0 Å². The number of aryl methyl sites for hydroxylation is 1. The van der Waals surface area contributed by atoms with E-state index in [1.807, 2.05) is 6.92 Å². The molecule has 0 aliphatic rings. The third-order valence-corrected chi connectivity index (χ3v) is 5.03. The Bertz CT molecular complexity index is 680. The molecule has 0 spiro atoms. The van der Waals surface area contributed by atoms with E-state index < -0.39 is 20.9 Å². The van der Waals surface area contributed by atoms with Crippen molar-refractivity contribution in [3.8, 4) is 0 Å². The molecule has 2 rings (SSSR count). The van der Waals surface area contributed by atoms with E-state index >= 15 is 0 Å². The highest BCUT2D eigenvalue weighted by Gasteiger charge is 2.25. The van der Waals surface area contributed by atoms with Crippen molar-refractivity contribution in [2.75, 3.05) is 0 Å². The fourth-order valence-corrected chi connectivity index (χ4v) is 3.01. The molecule has 5 nitrogen and oxygen atoms in total. The lowest BCUT2D eigenvalue weighted by Crippen LogP contribution is -2.13. The fraction of sp³-hybridized carbons (Fsp3) is 0.385. The van der Waals surface area contributed by atoms with Crippen LogP contribution in [0.3, 0.4) is 0 Å². The van der Waals surface area contributed by atoms with E-state index in [9.17, 15) is 12.8 Å². The van der Waals surface area contributed by atoms with Crippen molar-refractivity contribution in [1.82, 2.24) is 10.1 Å². The molecule has 1 atom stereocenters. The van der Waals surface area contributed by atoms with Gasteiger partial charge in [0.15, 0.2) is 15.7 Å². The number of hydrogen-bond acceptors (Lipinski definition) is 5. The fourth-order valence-electron chi connectivity index (χ4n) is 1.73. The number of hydrogen-bond donors (Lipinski definition) is 0. The molecule has 0 unspecified atom stereocenters. The Morgan fingerprint density at radius 3 is 2.50 bits per heavy atom. The van der Waals surface area contributed by atoms with Gasteiger partial charge in [0.25, 0.3) is 0 Å². The van der Waals surface area contributed by atoms with Crippen LogP contribution in [0.1, 0.15) is 36.4 Å². The summed E-state index contributed by atoms with van der Waals surface area (Å²) >= 11 is 0. The van der Waals surface area contributed by atoms with E-state index in [0.717, 1.165) is 0 Å². The van der Waals surface area contributed by atoms with Crippen LogP contribution in [0.4, 0.5) is 4.39 Å². The summed E-state index contributed by atoms with van der Waals surface area (Å²) < 4.78 is 42.3. The van der Waals surface area contributed by atoms with Crippen LogP contribution < -0.4 is 0 Å². The lowest BCUT2D eigenvalue weighted by molar-refractivity contribution is 0.383. The van der Waals surface area contributed by atoms with Gasteiger partial charge in [0.05, 0.1) is 5.25 Å². The molecule has 0 N–H and O–H groups in total. The van der Waals surface area contributed by atoms with E-state index in [4.69, 9.17) is 4.52 Å². The van der Waals surface area contributed by atoms with Gasteiger partial charge >= 0.3 is 0 Å². The molecule has 0 radical (unpaired) electrons. The van der Waals surface area contributed by atoms with Gasteiger partial charge in [-0.2, -0.15) is 4.98 Å². The van der Waals surface area contributed by atoms with Gasteiger partial charge in [-0.15, -0.1) is 0 Å². The molecule has 7 heteroatoms. The van der Waals surface area contributed by atoms with Crippen molar-refractivity contribution in [2.45, 2.75) is 31.3 Å². The molecule has 0 aliphatic carbocycles. The summed E-state index contributed by atoms with van der Waals surface area (Å²) in [6.07, 6.45) is 0.580. The summed E-state index contributed by atoms with van der Waals surface area (Å²) in [5.41, 5.74) is 0.529. The van der Waals surface area contributed by atoms with Crippen molar-refractivity contribution in [3.05, 3.63) is 47.4 Å². The predicted octanol–water partition coefficient (Wildman–Crippen LogP) is 2.45. The number of benzene rings is 1. The zero-order chi connectivity index (χ0) is 14.8. The van der Waals surface area contributed by atoms with Crippen LogP contribution in [-0.2, 0) is 22.0 Å².